The van der Waals surface area contributed by atoms with Gasteiger partial charge in [0.05, 0.1) is 17.4 Å². The van der Waals surface area contributed by atoms with Crippen LogP contribution in [0.25, 0.3) is 11.7 Å². The van der Waals surface area contributed by atoms with Crippen LogP contribution in [0.2, 0.25) is 0 Å². The highest BCUT2D eigenvalue weighted by molar-refractivity contribution is 6.00. The van der Waals surface area contributed by atoms with Gasteiger partial charge in [-0.15, -0.1) is 10.2 Å². The van der Waals surface area contributed by atoms with Gasteiger partial charge in [0, 0.05) is 29.6 Å². The lowest BCUT2D eigenvalue weighted by atomic mass is 9.33. The van der Waals surface area contributed by atoms with Gasteiger partial charge in [0.25, 0.3) is 5.89 Å². The minimum Gasteiger partial charge on any atom is -0.481 e. The van der Waals surface area contributed by atoms with Gasteiger partial charge in [0.2, 0.25) is 11.7 Å². The molecule has 0 saturated heterocycles. The molecule has 2 aromatic rings. The zero-order valence-corrected chi connectivity index (χ0v) is 33.9. The van der Waals surface area contributed by atoms with Crippen molar-refractivity contribution in [3.8, 4) is 17.8 Å². The summed E-state index contributed by atoms with van der Waals surface area (Å²) in [7, 11) is 0. The highest BCUT2D eigenvalue weighted by Crippen LogP contribution is 2.77. The maximum absolute atomic E-state index is 14.1. The largest absolute Gasteiger partial charge is 0.481 e. The number of rotatable bonds is 8. The minimum absolute atomic E-state index is 0.00377. The number of nitrogens with zero attached hydrogens (tertiary/aromatic N) is 5. The summed E-state index contributed by atoms with van der Waals surface area (Å²) in [6, 6.07) is 2.00. The van der Waals surface area contributed by atoms with Crippen LogP contribution in [-0.4, -0.2) is 54.2 Å². The first-order chi connectivity index (χ1) is 25.7. The second-order valence-corrected chi connectivity index (χ2v) is 19.8. The summed E-state index contributed by atoms with van der Waals surface area (Å²) in [5.41, 5.74) is -0.294. The molecule has 5 aliphatic carbocycles. The molecule has 12 heteroatoms. The Bertz CT molecular complexity index is 1980. The van der Waals surface area contributed by atoms with E-state index in [0.29, 0.717) is 23.8 Å². The average molecular weight is 756 g/mol. The van der Waals surface area contributed by atoms with Crippen LogP contribution in [-0.2, 0) is 19.1 Å². The van der Waals surface area contributed by atoms with Crippen molar-refractivity contribution < 1.29 is 33.8 Å². The van der Waals surface area contributed by atoms with Gasteiger partial charge >= 0.3 is 11.9 Å². The Hall–Kier alpha value is -3.98. The Balaban J connectivity index is 1.19. The molecule has 0 bridgehead atoms. The molecule has 2 heterocycles. The Kier molecular flexibility index (Phi) is 9.31. The van der Waals surface area contributed by atoms with Crippen LogP contribution in [0.3, 0.4) is 0 Å². The van der Waals surface area contributed by atoms with Gasteiger partial charge < -0.3 is 19.4 Å². The number of ether oxygens (including phenoxy) is 1. The third kappa shape index (κ3) is 5.72. The summed E-state index contributed by atoms with van der Waals surface area (Å²) in [6.45, 7) is 19.2. The molecule has 2 N–H and O–H groups in total. The molecule has 4 fully saturated rings. The number of Topliss-reactive ketones (excluding diaryl/α,β-unsaturated/α-hetero) is 1. The third-order valence-corrected chi connectivity index (χ3v) is 16.0. The van der Waals surface area contributed by atoms with Crippen molar-refractivity contribution in [2.75, 3.05) is 0 Å². The van der Waals surface area contributed by atoms with Gasteiger partial charge in [-0.25, -0.2) is 9.97 Å². The van der Waals surface area contributed by atoms with Gasteiger partial charge in [-0.1, -0.05) is 48.5 Å². The summed E-state index contributed by atoms with van der Waals surface area (Å²) < 4.78 is 12.2. The molecule has 5 aliphatic rings. The van der Waals surface area contributed by atoms with E-state index in [2.05, 4.69) is 68.6 Å². The van der Waals surface area contributed by atoms with Gasteiger partial charge in [0.15, 0.2) is 5.78 Å². The summed E-state index contributed by atoms with van der Waals surface area (Å²) in [5.74, 6) is -0.323. The van der Waals surface area contributed by atoms with Gasteiger partial charge in [-0.2, -0.15) is 5.26 Å². The molecule has 4 saturated carbocycles. The molecular formula is C43H57N5O7. The number of aliphatic hydroxyl groups is 1. The minimum atomic E-state index is -1.19. The Morgan fingerprint density at radius 2 is 1.67 bits per heavy atom. The summed E-state index contributed by atoms with van der Waals surface area (Å²) >= 11 is 0. The van der Waals surface area contributed by atoms with E-state index >= 15 is 0 Å². The number of carbonyl (C=O) groups is 3. The number of allylic oxidation sites excluding steroid dienone is 1. The van der Waals surface area contributed by atoms with E-state index in [1.165, 1.54) is 12.4 Å². The average Bonchev–Trinajstić information content (AvgIpc) is 3.72. The van der Waals surface area contributed by atoms with Crippen LogP contribution in [0, 0.1) is 67.5 Å². The van der Waals surface area contributed by atoms with Gasteiger partial charge in [-0.3, -0.25) is 14.4 Å². The van der Waals surface area contributed by atoms with Crippen molar-refractivity contribution in [3.05, 3.63) is 35.0 Å². The lowest BCUT2D eigenvalue weighted by molar-refractivity contribution is -0.235. The molecule has 0 aromatic carbocycles. The zero-order valence-electron chi connectivity index (χ0n) is 33.9. The SMILES string of the molecule is CC(C)C1=C2C3CC[C@@H]4[C@@]5(C)CC[C@H](OC(=O)CC(C)(C)C(=O)O)C(C)(C)C5CC[C@@]4(C)[C@]3(C)CC[C@@]2(C(O)c2nnc(-c3ncc(C#N)cn3)o2)CC1=O. The predicted molar refractivity (Wildman–Crippen MR) is 200 cm³/mol. The van der Waals surface area contributed by atoms with E-state index in [9.17, 15) is 24.6 Å². The number of esters is 1. The number of nitriles is 1. The maximum atomic E-state index is 14.1. The van der Waals surface area contributed by atoms with Gasteiger partial charge in [0.1, 0.15) is 18.3 Å². The zero-order chi connectivity index (χ0) is 40.1. The first-order valence-corrected chi connectivity index (χ1v) is 20.1. The molecule has 0 amide bonds. The summed E-state index contributed by atoms with van der Waals surface area (Å²) in [5, 5.41) is 39.5. The normalized spacial score (nSPS) is 35.9. The lowest BCUT2D eigenvalue weighted by Gasteiger charge is -2.72. The van der Waals surface area contributed by atoms with Crippen LogP contribution in [0.15, 0.2) is 28.0 Å². The van der Waals surface area contributed by atoms with Crippen LogP contribution in [0.1, 0.15) is 144 Å². The van der Waals surface area contributed by atoms with Crippen molar-refractivity contribution in [1.29, 1.82) is 5.26 Å². The van der Waals surface area contributed by atoms with Crippen molar-refractivity contribution >= 4 is 17.7 Å². The second kappa shape index (κ2) is 13.0. The summed E-state index contributed by atoms with van der Waals surface area (Å²) in [4.78, 5) is 47.4. The van der Waals surface area contributed by atoms with Crippen molar-refractivity contribution in [1.82, 2.24) is 20.2 Å². The molecule has 9 atom stereocenters. The number of aliphatic carboxylic acids is 1. The quantitative estimate of drug-likeness (QED) is 0.249. The highest BCUT2D eigenvalue weighted by atomic mass is 16.5. The Morgan fingerprint density at radius 1 is 0.982 bits per heavy atom. The highest BCUT2D eigenvalue weighted by Gasteiger charge is 2.71. The number of aliphatic hydroxyl groups excluding tert-OH is 1. The van der Waals surface area contributed by atoms with Crippen LogP contribution < -0.4 is 0 Å². The molecule has 0 spiro atoms. The molecule has 0 aliphatic heterocycles. The van der Waals surface area contributed by atoms with Crippen molar-refractivity contribution in [2.24, 2.45) is 56.2 Å². The fourth-order valence-electron chi connectivity index (χ4n) is 13.0. The van der Waals surface area contributed by atoms with E-state index in [1.807, 2.05) is 6.07 Å². The number of hydrogen-bond acceptors (Lipinski definition) is 11. The first-order valence-electron chi connectivity index (χ1n) is 20.1. The smallest absolute Gasteiger partial charge is 0.309 e. The molecule has 12 nitrogen and oxygen atoms in total. The van der Waals surface area contributed by atoms with Gasteiger partial charge in [-0.05, 0) is 116 Å². The predicted octanol–water partition coefficient (Wildman–Crippen LogP) is 7.83. The topological polar surface area (TPSA) is 189 Å². The van der Waals surface area contributed by atoms with E-state index in [4.69, 9.17) is 14.4 Å². The number of carboxylic acid groups (broad SMARTS) is 1. The fourth-order valence-corrected chi connectivity index (χ4v) is 13.0. The van der Waals surface area contributed by atoms with Crippen molar-refractivity contribution in [2.45, 2.75) is 139 Å². The molecule has 0 radical (unpaired) electrons. The lowest BCUT2D eigenvalue weighted by Crippen LogP contribution is -2.66. The molecule has 3 unspecified atom stereocenters. The number of aromatic nitrogens is 4. The summed E-state index contributed by atoms with van der Waals surface area (Å²) in [6.07, 6.45) is 8.33. The molecule has 2 aromatic heterocycles. The third-order valence-electron chi connectivity index (χ3n) is 16.0. The molecule has 296 valence electrons. The van der Waals surface area contributed by atoms with E-state index < -0.39 is 28.9 Å². The van der Waals surface area contributed by atoms with Crippen LogP contribution in [0.4, 0.5) is 0 Å². The first kappa shape index (κ1) is 39.3. The number of fused-ring (bicyclic) bond motifs is 7. The molecule has 55 heavy (non-hydrogen) atoms. The number of carboxylic acids is 1. The van der Waals surface area contributed by atoms with Crippen LogP contribution >= 0.6 is 0 Å². The monoisotopic (exact) mass is 755 g/mol. The Labute approximate surface area is 323 Å². The van der Waals surface area contributed by atoms with Crippen molar-refractivity contribution in [3.63, 3.8) is 0 Å². The fraction of sp³-hybridized carbons (Fsp3) is 0.721. The second-order valence-electron chi connectivity index (χ2n) is 19.8. The number of ketones is 1. The maximum Gasteiger partial charge on any atom is 0.309 e. The number of carbonyl (C=O) groups excluding carboxylic acids is 2. The number of hydrogen-bond donors (Lipinski definition) is 2. The standard InChI is InChI=1S/C43H57N5O7/c1-23(2)31-26(49)18-43(33(51)35-47-48-36(55-35)34-45-21-24(20-44)22-46-34)17-16-41(8)25(32(31)43)10-11-28-40(7)14-13-29(54-30(50)19-38(3,4)37(52)53)39(5,6)27(40)12-15-42(28,41)9/h21-23,25,27-29,33,51H,10-19H2,1-9H3,(H,52,53)/t25?,27?,28-,29+,33?,40+,41-,42-,43-/m1/s1. The van der Waals surface area contributed by atoms with Crippen LogP contribution in [0.5, 0.6) is 0 Å². The molecule has 7 rings (SSSR count). The van der Waals surface area contributed by atoms with E-state index in [0.717, 1.165) is 56.1 Å². The molecular weight excluding hydrogens is 699 g/mol. The van der Waals surface area contributed by atoms with E-state index in [1.54, 1.807) is 13.8 Å². The Morgan fingerprint density at radius 3 is 2.31 bits per heavy atom. The van der Waals surface area contributed by atoms with E-state index in [-0.39, 0.29) is 75.8 Å².